The van der Waals surface area contributed by atoms with E-state index in [9.17, 15) is 0 Å². The number of rotatable bonds is 3. The zero-order valence-corrected chi connectivity index (χ0v) is 9.71. The highest BCUT2D eigenvalue weighted by molar-refractivity contribution is 9.09. The zero-order chi connectivity index (χ0) is 10.4. The fourth-order valence-electron chi connectivity index (χ4n) is 1.26. The Hall–Kier alpha value is -1.07. The van der Waals surface area contributed by atoms with Gasteiger partial charge in [-0.2, -0.15) is 5.26 Å². The Balaban J connectivity index is 3.00. The SMILES string of the molecule is Cc1cccc(C#N)c1C=CCCBr. The van der Waals surface area contributed by atoms with Crippen molar-refractivity contribution in [1.29, 1.82) is 5.26 Å². The molecule has 0 bridgehead atoms. The molecule has 0 aliphatic rings. The lowest BCUT2D eigenvalue weighted by atomic mass is 10.0. The lowest BCUT2D eigenvalue weighted by Crippen LogP contribution is -1.86. The molecule has 0 unspecified atom stereocenters. The van der Waals surface area contributed by atoms with E-state index in [0.717, 1.165) is 28.4 Å². The van der Waals surface area contributed by atoms with Gasteiger partial charge in [0.1, 0.15) is 0 Å². The minimum atomic E-state index is 0.746. The molecule has 1 rings (SSSR count). The third-order valence-electron chi connectivity index (χ3n) is 2.00. The Morgan fingerprint density at radius 2 is 2.29 bits per heavy atom. The number of allylic oxidation sites excluding steroid dienone is 1. The fourth-order valence-corrected chi connectivity index (χ4v) is 1.53. The number of alkyl halides is 1. The van der Waals surface area contributed by atoms with Gasteiger partial charge in [-0.05, 0) is 30.5 Å². The van der Waals surface area contributed by atoms with E-state index in [2.05, 4.69) is 28.1 Å². The van der Waals surface area contributed by atoms with Gasteiger partial charge in [-0.1, -0.05) is 40.2 Å². The molecule has 0 fully saturated rings. The first-order valence-corrected chi connectivity index (χ1v) is 5.64. The molecule has 0 saturated heterocycles. The van der Waals surface area contributed by atoms with Gasteiger partial charge in [-0.25, -0.2) is 0 Å². The molecule has 0 aliphatic heterocycles. The van der Waals surface area contributed by atoms with Crippen LogP contribution in [0.2, 0.25) is 0 Å². The number of nitrogens with zero attached hydrogens (tertiary/aromatic N) is 1. The van der Waals surface area contributed by atoms with Gasteiger partial charge in [0.15, 0.2) is 0 Å². The van der Waals surface area contributed by atoms with Crippen LogP contribution in [0.5, 0.6) is 0 Å². The van der Waals surface area contributed by atoms with Crippen LogP contribution in [0.1, 0.15) is 23.1 Å². The highest BCUT2D eigenvalue weighted by atomic mass is 79.9. The van der Waals surface area contributed by atoms with E-state index in [0.29, 0.717) is 0 Å². The molecule has 2 heteroatoms. The number of halogens is 1. The summed E-state index contributed by atoms with van der Waals surface area (Å²) in [4.78, 5) is 0. The third kappa shape index (κ3) is 2.71. The molecule has 14 heavy (non-hydrogen) atoms. The first kappa shape index (κ1) is 11.0. The number of nitriles is 1. The predicted molar refractivity (Wildman–Crippen MR) is 63.3 cm³/mol. The van der Waals surface area contributed by atoms with Crippen LogP contribution in [0.25, 0.3) is 6.08 Å². The van der Waals surface area contributed by atoms with E-state index >= 15 is 0 Å². The summed E-state index contributed by atoms with van der Waals surface area (Å²) < 4.78 is 0. The highest BCUT2D eigenvalue weighted by Crippen LogP contribution is 2.15. The maximum Gasteiger partial charge on any atom is 0.0998 e. The van der Waals surface area contributed by atoms with Gasteiger partial charge in [0, 0.05) is 5.33 Å². The van der Waals surface area contributed by atoms with Crippen LogP contribution in [0.15, 0.2) is 24.3 Å². The van der Waals surface area contributed by atoms with Gasteiger partial charge in [0.2, 0.25) is 0 Å². The molecule has 0 heterocycles. The van der Waals surface area contributed by atoms with Gasteiger partial charge in [0.05, 0.1) is 11.6 Å². The van der Waals surface area contributed by atoms with Crippen molar-refractivity contribution in [3.63, 3.8) is 0 Å². The lowest BCUT2D eigenvalue weighted by Gasteiger charge is -2.01. The first-order valence-electron chi connectivity index (χ1n) is 4.52. The Labute approximate surface area is 93.2 Å². The Morgan fingerprint density at radius 1 is 1.50 bits per heavy atom. The van der Waals surface area contributed by atoms with Crippen LogP contribution in [-0.2, 0) is 0 Å². The van der Waals surface area contributed by atoms with Crippen molar-refractivity contribution in [2.75, 3.05) is 5.33 Å². The molecule has 0 aromatic heterocycles. The van der Waals surface area contributed by atoms with Crippen LogP contribution in [0.4, 0.5) is 0 Å². The summed E-state index contributed by atoms with van der Waals surface area (Å²) in [5.74, 6) is 0. The highest BCUT2D eigenvalue weighted by Gasteiger charge is 2.00. The van der Waals surface area contributed by atoms with Crippen LogP contribution in [0.3, 0.4) is 0 Å². The van der Waals surface area contributed by atoms with E-state index in [1.807, 2.05) is 31.2 Å². The molecule has 0 N–H and O–H groups in total. The topological polar surface area (TPSA) is 23.8 Å². The largest absolute Gasteiger partial charge is 0.192 e. The molecule has 0 saturated carbocycles. The van der Waals surface area contributed by atoms with E-state index in [1.54, 1.807) is 0 Å². The minimum Gasteiger partial charge on any atom is -0.192 e. The van der Waals surface area contributed by atoms with Crippen LogP contribution in [0, 0.1) is 18.3 Å². The third-order valence-corrected chi connectivity index (χ3v) is 2.46. The Kier molecular flexibility index (Phi) is 4.42. The van der Waals surface area contributed by atoms with Crippen molar-refractivity contribution in [3.8, 4) is 6.07 Å². The Morgan fingerprint density at radius 3 is 2.93 bits per heavy atom. The minimum absolute atomic E-state index is 0.746. The maximum atomic E-state index is 8.91. The molecule has 72 valence electrons. The summed E-state index contributed by atoms with van der Waals surface area (Å²) in [5, 5.41) is 9.86. The monoisotopic (exact) mass is 249 g/mol. The average Bonchev–Trinajstić information content (AvgIpc) is 2.20. The van der Waals surface area contributed by atoms with Gasteiger partial charge in [0.25, 0.3) is 0 Å². The van der Waals surface area contributed by atoms with Crippen molar-refractivity contribution in [3.05, 3.63) is 41.0 Å². The molecule has 1 aromatic rings. The smallest absolute Gasteiger partial charge is 0.0998 e. The molecule has 1 nitrogen and oxygen atoms in total. The quantitative estimate of drug-likeness (QED) is 0.751. The summed E-state index contributed by atoms with van der Waals surface area (Å²) in [7, 11) is 0. The van der Waals surface area contributed by atoms with Crippen LogP contribution < -0.4 is 0 Å². The molecule has 1 aromatic carbocycles. The summed E-state index contributed by atoms with van der Waals surface area (Å²) >= 11 is 3.36. The summed E-state index contributed by atoms with van der Waals surface area (Å²) in [6, 6.07) is 7.98. The number of benzene rings is 1. The van der Waals surface area contributed by atoms with E-state index < -0.39 is 0 Å². The van der Waals surface area contributed by atoms with Crippen LogP contribution >= 0.6 is 15.9 Å². The average molecular weight is 250 g/mol. The molecule has 0 spiro atoms. The van der Waals surface area contributed by atoms with Crippen molar-refractivity contribution >= 4 is 22.0 Å². The van der Waals surface area contributed by atoms with Crippen LogP contribution in [-0.4, -0.2) is 5.33 Å². The number of hydrogen-bond acceptors (Lipinski definition) is 1. The van der Waals surface area contributed by atoms with Gasteiger partial charge >= 0.3 is 0 Å². The van der Waals surface area contributed by atoms with E-state index in [1.165, 1.54) is 0 Å². The second kappa shape index (κ2) is 5.62. The van der Waals surface area contributed by atoms with Crippen molar-refractivity contribution < 1.29 is 0 Å². The van der Waals surface area contributed by atoms with Gasteiger partial charge < -0.3 is 0 Å². The molecule has 0 amide bonds. The molecule has 0 aliphatic carbocycles. The summed E-state index contributed by atoms with van der Waals surface area (Å²) in [6.07, 6.45) is 5.09. The van der Waals surface area contributed by atoms with Crippen molar-refractivity contribution in [2.45, 2.75) is 13.3 Å². The second-order valence-corrected chi connectivity index (χ2v) is 3.82. The molecule has 0 atom stereocenters. The number of aryl methyl sites for hydroxylation is 1. The maximum absolute atomic E-state index is 8.91. The normalized spacial score (nSPS) is 10.4. The van der Waals surface area contributed by atoms with Gasteiger partial charge in [-0.3, -0.25) is 0 Å². The molecule has 0 radical (unpaired) electrons. The zero-order valence-electron chi connectivity index (χ0n) is 8.13. The van der Waals surface area contributed by atoms with Crippen molar-refractivity contribution in [2.24, 2.45) is 0 Å². The second-order valence-electron chi connectivity index (χ2n) is 3.03. The Bertz CT molecular complexity index is 374. The van der Waals surface area contributed by atoms with E-state index in [4.69, 9.17) is 5.26 Å². The standard InChI is InChI=1S/C12H12BrN/c1-10-5-4-6-11(9-14)12(10)7-2-3-8-13/h2,4-7H,3,8H2,1H3. The molecular formula is C12H12BrN. The van der Waals surface area contributed by atoms with Crippen molar-refractivity contribution in [1.82, 2.24) is 0 Å². The summed E-state index contributed by atoms with van der Waals surface area (Å²) in [5.41, 5.74) is 2.93. The van der Waals surface area contributed by atoms with Gasteiger partial charge in [-0.15, -0.1) is 0 Å². The first-order chi connectivity index (χ1) is 6.79. The fraction of sp³-hybridized carbons (Fsp3) is 0.250. The van der Waals surface area contributed by atoms with E-state index in [-0.39, 0.29) is 0 Å². The lowest BCUT2D eigenvalue weighted by molar-refractivity contribution is 1.27. The summed E-state index contributed by atoms with van der Waals surface area (Å²) in [6.45, 7) is 2.02. The molecular weight excluding hydrogens is 238 g/mol. The predicted octanol–water partition coefficient (Wildman–Crippen LogP) is 3.66. The number of hydrogen-bond donors (Lipinski definition) is 0.